The van der Waals surface area contributed by atoms with Crippen LogP contribution in [0.5, 0.6) is 0 Å². The molecule has 1 aliphatic heterocycles. The molecule has 1 aromatic rings. The Morgan fingerprint density at radius 3 is 3.15 bits per heavy atom. The van der Waals surface area contributed by atoms with Gasteiger partial charge >= 0.3 is 0 Å². The van der Waals surface area contributed by atoms with Gasteiger partial charge in [0.05, 0.1) is 0 Å². The highest BCUT2D eigenvalue weighted by Crippen LogP contribution is 2.09. The number of nitrogens with zero attached hydrogens (tertiary/aromatic N) is 2. The summed E-state index contributed by atoms with van der Waals surface area (Å²) in [5.74, 6) is 0. The highest BCUT2D eigenvalue weighted by atomic mass is 15.1. The molecule has 2 nitrogen and oxygen atoms in total. The first kappa shape index (κ1) is 8.79. The molecule has 0 aromatic heterocycles. The quantitative estimate of drug-likeness (QED) is 0.454. The third kappa shape index (κ3) is 1.93. The molecule has 1 heterocycles. The van der Waals surface area contributed by atoms with Gasteiger partial charge in [0, 0.05) is 0 Å². The summed E-state index contributed by atoms with van der Waals surface area (Å²) in [6.07, 6.45) is 1.18. The molecule has 0 spiro atoms. The van der Waals surface area contributed by atoms with Crippen molar-refractivity contribution in [3.8, 4) is 0 Å². The summed E-state index contributed by atoms with van der Waals surface area (Å²) in [5.41, 5.74) is 1.18. The predicted molar refractivity (Wildman–Crippen MR) is 56.1 cm³/mol. The van der Waals surface area contributed by atoms with Gasteiger partial charge in [0.1, 0.15) is 6.98 Å². The largest absolute Gasteiger partial charge is 0.670 e. The smallest absolute Gasteiger partial charge is 0.100 e. The minimum Gasteiger partial charge on any atom is -0.670 e. The lowest BCUT2D eigenvalue weighted by molar-refractivity contribution is 0.501. The van der Waals surface area contributed by atoms with Crippen LogP contribution in [-0.2, 0) is 0 Å². The van der Waals surface area contributed by atoms with Gasteiger partial charge in [-0.05, 0) is 13.6 Å². The molecule has 2 rings (SSSR count). The second-order valence-electron chi connectivity index (χ2n) is 3.43. The van der Waals surface area contributed by atoms with E-state index in [1.807, 2.05) is 18.2 Å². The summed E-state index contributed by atoms with van der Waals surface area (Å²) >= 11 is 0. The highest BCUT2D eigenvalue weighted by Gasteiger charge is 2.10. The Morgan fingerprint density at radius 2 is 2.46 bits per heavy atom. The van der Waals surface area contributed by atoms with Gasteiger partial charge in [-0.3, -0.25) is 0 Å². The molecule has 1 fully saturated rings. The molecule has 0 N–H and O–H groups in total. The minimum atomic E-state index is 0.231. The highest BCUT2D eigenvalue weighted by molar-refractivity contribution is 6.74. The minimum absolute atomic E-state index is 0.231. The van der Waals surface area contributed by atoms with E-state index in [9.17, 15) is 0 Å². The average molecular weight is 172 g/mol. The molecule has 13 heavy (non-hydrogen) atoms. The number of hydrogen-bond acceptors (Lipinski definition) is 1. The summed E-state index contributed by atoms with van der Waals surface area (Å²) in [7, 11) is 2.12. The molecular formula is C10H13BN2-2. The lowest BCUT2D eigenvalue weighted by Gasteiger charge is -2.44. The van der Waals surface area contributed by atoms with Crippen LogP contribution in [0.2, 0.25) is 0 Å². The Hall–Kier alpha value is -0.795. The molecule has 1 aromatic carbocycles. The van der Waals surface area contributed by atoms with Gasteiger partial charge in [-0.15, -0.1) is 0 Å². The Bertz CT molecular complexity index is 263. The van der Waals surface area contributed by atoms with E-state index in [1.54, 1.807) is 0 Å². The van der Waals surface area contributed by atoms with Crippen molar-refractivity contribution in [3.05, 3.63) is 35.6 Å². The summed E-state index contributed by atoms with van der Waals surface area (Å²) in [6.45, 7) is 2.35. The van der Waals surface area contributed by atoms with Crippen LogP contribution in [0.25, 0.3) is 5.23 Å². The summed E-state index contributed by atoms with van der Waals surface area (Å²) in [6, 6.07) is 11.3. The van der Waals surface area contributed by atoms with Crippen molar-refractivity contribution in [2.45, 2.75) is 6.42 Å². The van der Waals surface area contributed by atoms with Crippen LogP contribution < -0.4 is 5.46 Å². The van der Waals surface area contributed by atoms with E-state index in [-0.39, 0.29) is 6.98 Å². The maximum Gasteiger partial charge on any atom is 0.100 e. The van der Waals surface area contributed by atoms with E-state index in [1.165, 1.54) is 11.9 Å². The van der Waals surface area contributed by atoms with Gasteiger partial charge in [0.25, 0.3) is 0 Å². The van der Waals surface area contributed by atoms with Crippen molar-refractivity contribution in [2.24, 2.45) is 0 Å². The van der Waals surface area contributed by atoms with Gasteiger partial charge in [0.2, 0.25) is 0 Å². The topological polar surface area (TPSA) is 17.3 Å². The lowest BCUT2D eigenvalue weighted by atomic mass is 9.65. The fourth-order valence-corrected chi connectivity index (χ4v) is 1.70. The number of benzene rings is 1. The monoisotopic (exact) mass is 172 g/mol. The van der Waals surface area contributed by atoms with Crippen molar-refractivity contribution < 1.29 is 0 Å². The van der Waals surface area contributed by atoms with Crippen LogP contribution in [0.3, 0.4) is 0 Å². The third-order valence-electron chi connectivity index (χ3n) is 2.40. The second kappa shape index (κ2) is 3.94. The zero-order valence-electron chi connectivity index (χ0n) is 7.90. The maximum absolute atomic E-state index is 4.58. The molecule has 1 saturated heterocycles. The van der Waals surface area contributed by atoms with Crippen LogP contribution in [0.1, 0.15) is 6.42 Å². The SMILES string of the molecule is CN1CCC[N-]B1c1[c-]cccc1. The summed E-state index contributed by atoms with van der Waals surface area (Å²) in [4.78, 5) is 2.27. The van der Waals surface area contributed by atoms with Crippen LogP contribution in [0.4, 0.5) is 0 Å². The van der Waals surface area contributed by atoms with Crippen LogP contribution in [0, 0.1) is 6.07 Å². The molecule has 3 heteroatoms. The van der Waals surface area contributed by atoms with Gasteiger partial charge in [-0.2, -0.15) is 42.3 Å². The first-order chi connectivity index (χ1) is 6.38. The van der Waals surface area contributed by atoms with Crippen molar-refractivity contribution in [1.82, 2.24) is 4.81 Å². The Balaban J connectivity index is 2.15. The molecule has 0 unspecified atom stereocenters. The zero-order valence-corrected chi connectivity index (χ0v) is 7.90. The Kier molecular flexibility index (Phi) is 2.66. The molecule has 0 bridgehead atoms. The molecule has 1 aliphatic rings. The zero-order chi connectivity index (χ0) is 9.10. The van der Waals surface area contributed by atoms with Gasteiger partial charge in [0.15, 0.2) is 0 Å². The molecule has 0 aliphatic carbocycles. The van der Waals surface area contributed by atoms with Crippen molar-refractivity contribution >= 4 is 12.4 Å². The van der Waals surface area contributed by atoms with Gasteiger partial charge < -0.3 is 10.0 Å². The molecule has 0 saturated carbocycles. The van der Waals surface area contributed by atoms with Crippen LogP contribution in [-0.4, -0.2) is 31.9 Å². The van der Waals surface area contributed by atoms with E-state index in [4.69, 9.17) is 0 Å². The van der Waals surface area contributed by atoms with E-state index >= 15 is 0 Å². The molecular weight excluding hydrogens is 159 g/mol. The standard InChI is InChI=1S/C10H13BN2/c1-13-9-5-8-12-11(13)10-6-3-2-4-7-10/h2-4,6H,5,8-9H2,1H3/q-2. The van der Waals surface area contributed by atoms with Crippen molar-refractivity contribution in [2.75, 3.05) is 20.1 Å². The molecule has 0 amide bonds. The average Bonchev–Trinajstić information content (AvgIpc) is 2.20. The first-order valence-corrected chi connectivity index (χ1v) is 4.71. The first-order valence-electron chi connectivity index (χ1n) is 4.71. The van der Waals surface area contributed by atoms with Gasteiger partial charge in [-0.1, -0.05) is 6.42 Å². The van der Waals surface area contributed by atoms with E-state index in [2.05, 4.69) is 29.2 Å². The van der Waals surface area contributed by atoms with E-state index < -0.39 is 0 Å². The molecule has 0 atom stereocenters. The Labute approximate surface area is 80.1 Å². The Morgan fingerprint density at radius 1 is 1.54 bits per heavy atom. The summed E-state index contributed by atoms with van der Waals surface area (Å²) < 4.78 is 0. The fourth-order valence-electron chi connectivity index (χ4n) is 1.70. The normalized spacial score (nSPS) is 19.0. The van der Waals surface area contributed by atoms with Gasteiger partial charge in [-0.25, -0.2) is 0 Å². The van der Waals surface area contributed by atoms with Crippen LogP contribution in [0.15, 0.2) is 24.3 Å². The lowest BCUT2D eigenvalue weighted by Crippen LogP contribution is -2.49. The maximum atomic E-state index is 4.58. The van der Waals surface area contributed by atoms with Crippen molar-refractivity contribution in [1.29, 1.82) is 0 Å². The number of hydrogen-bond donors (Lipinski definition) is 0. The van der Waals surface area contributed by atoms with E-state index in [0.717, 1.165) is 13.1 Å². The molecule has 68 valence electrons. The predicted octanol–water partition coefficient (Wildman–Crippen LogP) is 0.891. The molecule has 0 radical (unpaired) electrons. The van der Waals surface area contributed by atoms with Crippen molar-refractivity contribution in [3.63, 3.8) is 0 Å². The fraction of sp³-hybridized carbons (Fsp3) is 0.400. The summed E-state index contributed by atoms with van der Waals surface area (Å²) in [5, 5.41) is 4.58. The number of rotatable bonds is 1. The van der Waals surface area contributed by atoms with Crippen LogP contribution >= 0.6 is 0 Å². The third-order valence-corrected chi connectivity index (χ3v) is 2.40. The second-order valence-corrected chi connectivity index (χ2v) is 3.43. The van der Waals surface area contributed by atoms with E-state index in [0.29, 0.717) is 0 Å².